The van der Waals surface area contributed by atoms with Crippen molar-refractivity contribution in [3.05, 3.63) is 81.0 Å². The van der Waals surface area contributed by atoms with Crippen molar-refractivity contribution in [1.29, 1.82) is 0 Å². The summed E-state index contributed by atoms with van der Waals surface area (Å²) < 4.78 is 6.27. The number of carbonyl (C=O) groups excluding carboxylic acids is 2. The molecule has 1 atom stereocenters. The zero-order valence-corrected chi connectivity index (χ0v) is 16.5. The van der Waals surface area contributed by atoms with Crippen LogP contribution in [0.5, 0.6) is 0 Å². The van der Waals surface area contributed by atoms with E-state index in [1.165, 1.54) is 11.8 Å². The standard InChI is InChI=1S/C19H13Cl2N5O3/c1-29-18(28)15-14(17(27)10-5-3-2-4-6-10)16(26-19(22-15)23-24-25-26)12-8-7-11(20)9-13(12)21/h2-9,16H,1H3,(H,22,23,25)/t16-/m0/s1. The molecule has 0 saturated heterocycles. The van der Waals surface area contributed by atoms with Crippen LogP contribution in [-0.4, -0.2) is 39.1 Å². The number of tetrazole rings is 1. The number of methoxy groups -OCH3 is 1. The maximum atomic E-state index is 13.5. The van der Waals surface area contributed by atoms with E-state index in [9.17, 15) is 9.59 Å². The molecule has 29 heavy (non-hydrogen) atoms. The van der Waals surface area contributed by atoms with Gasteiger partial charge < -0.3 is 10.1 Å². The van der Waals surface area contributed by atoms with E-state index < -0.39 is 17.8 Å². The van der Waals surface area contributed by atoms with E-state index in [1.807, 2.05) is 0 Å². The van der Waals surface area contributed by atoms with Gasteiger partial charge >= 0.3 is 5.97 Å². The second kappa shape index (κ2) is 7.65. The molecule has 0 saturated carbocycles. The summed E-state index contributed by atoms with van der Waals surface area (Å²) in [4.78, 5) is 26.0. The molecule has 3 aromatic rings. The minimum Gasteiger partial charge on any atom is -0.464 e. The highest BCUT2D eigenvalue weighted by Gasteiger charge is 2.39. The second-order valence-corrected chi connectivity index (χ2v) is 6.96. The van der Waals surface area contributed by atoms with Crippen LogP contribution in [0.25, 0.3) is 0 Å². The van der Waals surface area contributed by atoms with E-state index in [0.717, 1.165) is 0 Å². The van der Waals surface area contributed by atoms with Gasteiger partial charge in [-0.15, -0.1) is 0 Å². The fourth-order valence-corrected chi connectivity index (χ4v) is 3.66. The molecular weight excluding hydrogens is 417 g/mol. The number of benzene rings is 2. The lowest BCUT2D eigenvalue weighted by atomic mass is 9.89. The van der Waals surface area contributed by atoms with Gasteiger partial charge in [0.2, 0.25) is 5.95 Å². The maximum Gasteiger partial charge on any atom is 0.355 e. The predicted molar refractivity (Wildman–Crippen MR) is 106 cm³/mol. The Morgan fingerprint density at radius 1 is 1.14 bits per heavy atom. The first-order chi connectivity index (χ1) is 14.0. The number of aromatic nitrogens is 4. The minimum atomic E-state index is -0.868. The van der Waals surface area contributed by atoms with Crippen molar-refractivity contribution in [2.24, 2.45) is 0 Å². The van der Waals surface area contributed by atoms with Gasteiger partial charge in [-0.1, -0.05) is 64.7 Å². The average Bonchev–Trinajstić information content (AvgIpc) is 3.21. The highest BCUT2D eigenvalue weighted by Crippen LogP contribution is 2.39. The van der Waals surface area contributed by atoms with Crippen molar-refractivity contribution < 1.29 is 14.3 Å². The van der Waals surface area contributed by atoms with Crippen LogP contribution in [0.2, 0.25) is 10.0 Å². The summed E-state index contributed by atoms with van der Waals surface area (Å²) in [6, 6.07) is 12.5. The molecule has 0 fully saturated rings. The molecule has 2 aromatic carbocycles. The van der Waals surface area contributed by atoms with Crippen molar-refractivity contribution in [1.82, 2.24) is 20.2 Å². The number of carbonyl (C=O) groups is 2. The summed E-state index contributed by atoms with van der Waals surface area (Å²) in [5, 5.41) is 15.1. The smallest absolute Gasteiger partial charge is 0.355 e. The van der Waals surface area contributed by atoms with Crippen LogP contribution in [0.4, 0.5) is 5.95 Å². The molecule has 4 rings (SSSR count). The number of hydrogen-bond acceptors (Lipinski definition) is 7. The van der Waals surface area contributed by atoms with E-state index in [2.05, 4.69) is 20.8 Å². The molecule has 0 amide bonds. The Bertz CT molecular complexity index is 1140. The molecule has 1 aromatic heterocycles. The van der Waals surface area contributed by atoms with E-state index in [-0.39, 0.29) is 17.2 Å². The SMILES string of the molecule is COC(=O)C1=C(C(=O)c2ccccc2)[C@H](c2ccc(Cl)cc2Cl)n2nnnc2N1. The monoisotopic (exact) mass is 429 g/mol. The summed E-state index contributed by atoms with van der Waals surface area (Å²) in [6.45, 7) is 0. The molecule has 2 heterocycles. The third kappa shape index (κ3) is 3.37. The summed E-state index contributed by atoms with van der Waals surface area (Å²) in [5.41, 5.74) is 0.941. The van der Waals surface area contributed by atoms with E-state index in [4.69, 9.17) is 27.9 Å². The molecule has 10 heteroatoms. The Morgan fingerprint density at radius 3 is 2.59 bits per heavy atom. The molecule has 0 bridgehead atoms. The third-order valence-electron chi connectivity index (χ3n) is 4.44. The Labute approximate surface area is 175 Å². The zero-order valence-electron chi connectivity index (χ0n) is 15.0. The quantitative estimate of drug-likeness (QED) is 0.501. The van der Waals surface area contributed by atoms with Gasteiger partial charge in [-0.25, -0.2) is 4.79 Å². The number of ketones is 1. The zero-order chi connectivity index (χ0) is 20.5. The number of Topliss-reactive ketones (excluding diaryl/α,β-unsaturated/α-hetero) is 1. The third-order valence-corrected chi connectivity index (χ3v) is 5.01. The first-order valence-corrected chi connectivity index (χ1v) is 9.19. The number of esters is 1. The van der Waals surface area contributed by atoms with Crippen molar-refractivity contribution in [3.8, 4) is 0 Å². The molecule has 1 N–H and O–H groups in total. The lowest BCUT2D eigenvalue weighted by molar-refractivity contribution is -0.136. The van der Waals surface area contributed by atoms with E-state index >= 15 is 0 Å². The Morgan fingerprint density at radius 2 is 1.90 bits per heavy atom. The molecular formula is C19H13Cl2N5O3. The van der Waals surface area contributed by atoms with Gasteiger partial charge in [-0.05, 0) is 22.6 Å². The van der Waals surface area contributed by atoms with Crippen LogP contribution in [0, 0.1) is 0 Å². The molecule has 0 aliphatic carbocycles. The lowest BCUT2D eigenvalue weighted by Crippen LogP contribution is -2.33. The molecule has 146 valence electrons. The van der Waals surface area contributed by atoms with Gasteiger partial charge in [0.25, 0.3) is 0 Å². The van der Waals surface area contributed by atoms with Gasteiger partial charge in [0.1, 0.15) is 11.7 Å². The summed E-state index contributed by atoms with van der Waals surface area (Å²) >= 11 is 12.5. The molecule has 0 unspecified atom stereocenters. The number of rotatable bonds is 4. The first-order valence-electron chi connectivity index (χ1n) is 8.43. The number of hydrogen-bond donors (Lipinski definition) is 1. The summed E-state index contributed by atoms with van der Waals surface area (Å²) in [6.07, 6.45) is 0. The molecule has 1 aliphatic rings. The molecule has 8 nitrogen and oxygen atoms in total. The summed E-state index contributed by atoms with van der Waals surface area (Å²) in [5.74, 6) is -0.949. The number of anilines is 1. The first kappa shape index (κ1) is 19.1. The average molecular weight is 430 g/mol. The van der Waals surface area contributed by atoms with E-state index in [0.29, 0.717) is 21.2 Å². The molecule has 1 aliphatic heterocycles. The Kier molecular flexibility index (Phi) is 5.04. The number of nitrogens with one attached hydrogen (secondary N) is 1. The van der Waals surface area contributed by atoms with Crippen LogP contribution >= 0.6 is 23.2 Å². The second-order valence-electron chi connectivity index (χ2n) is 6.12. The predicted octanol–water partition coefficient (Wildman–Crippen LogP) is 3.30. The van der Waals surface area contributed by atoms with Crippen LogP contribution < -0.4 is 5.32 Å². The van der Waals surface area contributed by atoms with Gasteiger partial charge in [0, 0.05) is 21.2 Å². The number of nitrogens with zero attached hydrogens (tertiary/aromatic N) is 4. The van der Waals surface area contributed by atoms with Gasteiger partial charge in [-0.2, -0.15) is 4.68 Å². The molecule has 0 radical (unpaired) electrons. The number of halogens is 2. The van der Waals surface area contributed by atoms with E-state index in [1.54, 1.807) is 48.5 Å². The number of allylic oxidation sites excluding steroid dienone is 1. The highest BCUT2D eigenvalue weighted by atomic mass is 35.5. The van der Waals surface area contributed by atoms with Crippen molar-refractivity contribution in [2.45, 2.75) is 6.04 Å². The normalized spacial score (nSPS) is 15.5. The van der Waals surface area contributed by atoms with Crippen LogP contribution in [0.15, 0.2) is 59.8 Å². The highest BCUT2D eigenvalue weighted by molar-refractivity contribution is 6.35. The molecule has 0 spiro atoms. The number of ether oxygens (including phenoxy) is 1. The van der Waals surface area contributed by atoms with Gasteiger partial charge in [0.05, 0.1) is 12.7 Å². The van der Waals surface area contributed by atoms with Crippen molar-refractivity contribution >= 4 is 40.9 Å². The van der Waals surface area contributed by atoms with Crippen molar-refractivity contribution in [2.75, 3.05) is 12.4 Å². The summed E-state index contributed by atoms with van der Waals surface area (Å²) in [7, 11) is 1.23. The van der Waals surface area contributed by atoms with Gasteiger partial charge in [-0.3, -0.25) is 4.79 Å². The number of fused-ring (bicyclic) bond motifs is 1. The minimum absolute atomic E-state index is 0.0559. The van der Waals surface area contributed by atoms with Crippen molar-refractivity contribution in [3.63, 3.8) is 0 Å². The largest absolute Gasteiger partial charge is 0.464 e. The topological polar surface area (TPSA) is 99.0 Å². The Hall–Kier alpha value is -3.23. The fraction of sp³-hybridized carbons (Fsp3) is 0.105. The van der Waals surface area contributed by atoms with Crippen LogP contribution in [0.3, 0.4) is 0 Å². The fourth-order valence-electron chi connectivity index (χ4n) is 3.14. The Balaban J connectivity index is 1.99. The van der Waals surface area contributed by atoms with Crippen LogP contribution in [-0.2, 0) is 9.53 Å². The lowest BCUT2D eigenvalue weighted by Gasteiger charge is -2.28. The van der Waals surface area contributed by atoms with Gasteiger partial charge in [0.15, 0.2) is 5.78 Å². The van der Waals surface area contributed by atoms with Crippen LogP contribution in [0.1, 0.15) is 22.0 Å². The maximum absolute atomic E-state index is 13.5.